The molecule has 0 bridgehead atoms. The molecule has 2 unspecified atom stereocenters. The van der Waals surface area contributed by atoms with Gasteiger partial charge in [-0.15, -0.1) is 0 Å². The summed E-state index contributed by atoms with van der Waals surface area (Å²) in [5.74, 6) is 0. The van der Waals surface area contributed by atoms with Crippen molar-refractivity contribution in [3.05, 3.63) is 0 Å². The second-order valence-corrected chi connectivity index (χ2v) is 3.99. The number of unbranched alkanes of at least 4 members (excludes halogenated alkanes) is 2. The van der Waals surface area contributed by atoms with Crippen molar-refractivity contribution in [1.82, 2.24) is 0 Å². The summed E-state index contributed by atoms with van der Waals surface area (Å²) in [7, 11) is 0. The van der Waals surface area contributed by atoms with Crippen molar-refractivity contribution in [2.45, 2.75) is 78.0 Å². The van der Waals surface area contributed by atoms with Crippen molar-refractivity contribution >= 4 is 0 Å². The van der Waals surface area contributed by atoms with Crippen molar-refractivity contribution < 1.29 is 4.74 Å². The van der Waals surface area contributed by atoms with Crippen molar-refractivity contribution in [2.24, 2.45) is 5.73 Å². The zero-order valence-corrected chi connectivity index (χ0v) is 10.1. The molecule has 2 N–H and O–H groups in total. The van der Waals surface area contributed by atoms with Crippen molar-refractivity contribution in [3.8, 4) is 0 Å². The van der Waals surface area contributed by atoms with Gasteiger partial charge in [0.25, 0.3) is 0 Å². The summed E-state index contributed by atoms with van der Waals surface area (Å²) in [5.41, 5.74) is 5.84. The van der Waals surface area contributed by atoms with Gasteiger partial charge in [0.15, 0.2) is 0 Å². The Balaban J connectivity index is 3.55. The van der Waals surface area contributed by atoms with Crippen LogP contribution in [-0.4, -0.2) is 12.3 Å². The zero-order valence-electron chi connectivity index (χ0n) is 10.1. The van der Waals surface area contributed by atoms with Crippen molar-refractivity contribution in [3.63, 3.8) is 0 Å². The minimum atomic E-state index is -0.0495. The first-order valence-electron chi connectivity index (χ1n) is 6.15. The molecule has 2 atom stereocenters. The van der Waals surface area contributed by atoms with Crippen LogP contribution >= 0.6 is 0 Å². The lowest BCUT2D eigenvalue weighted by atomic mass is 10.1. The third-order valence-corrected chi connectivity index (χ3v) is 2.53. The van der Waals surface area contributed by atoms with Gasteiger partial charge in [-0.2, -0.15) is 0 Å². The van der Waals surface area contributed by atoms with E-state index in [4.69, 9.17) is 10.5 Å². The lowest BCUT2D eigenvalue weighted by Gasteiger charge is -2.20. The summed E-state index contributed by atoms with van der Waals surface area (Å²) in [4.78, 5) is 0. The van der Waals surface area contributed by atoms with E-state index < -0.39 is 0 Å². The molecule has 0 amide bonds. The molecule has 0 aliphatic carbocycles. The van der Waals surface area contributed by atoms with Crippen LogP contribution in [0, 0.1) is 0 Å². The van der Waals surface area contributed by atoms with Crippen LogP contribution in [0.4, 0.5) is 0 Å². The number of rotatable bonds is 9. The number of nitrogens with two attached hydrogens (primary N) is 1. The quantitative estimate of drug-likeness (QED) is 0.458. The maximum absolute atomic E-state index is 5.84. The van der Waals surface area contributed by atoms with Gasteiger partial charge in [0, 0.05) is 0 Å². The van der Waals surface area contributed by atoms with E-state index in [1.54, 1.807) is 0 Å². The second kappa shape index (κ2) is 9.47. The van der Waals surface area contributed by atoms with Crippen LogP contribution < -0.4 is 5.73 Å². The Labute approximate surface area is 89.2 Å². The molecule has 0 aromatic rings. The van der Waals surface area contributed by atoms with E-state index in [1.165, 1.54) is 25.7 Å². The van der Waals surface area contributed by atoms with E-state index in [1.807, 2.05) is 0 Å². The first-order chi connectivity index (χ1) is 6.74. The van der Waals surface area contributed by atoms with Gasteiger partial charge in [-0.25, -0.2) is 0 Å². The monoisotopic (exact) mass is 201 g/mol. The van der Waals surface area contributed by atoms with E-state index in [-0.39, 0.29) is 6.23 Å². The van der Waals surface area contributed by atoms with Crippen LogP contribution in [0.25, 0.3) is 0 Å². The average molecular weight is 201 g/mol. The molecule has 0 aromatic carbocycles. The lowest BCUT2D eigenvalue weighted by Crippen LogP contribution is -2.29. The van der Waals surface area contributed by atoms with Gasteiger partial charge in [-0.05, 0) is 19.3 Å². The first kappa shape index (κ1) is 13.9. The standard InChI is InChI=1S/C12H27NO/c1-4-7-8-10-11(6-3)14-12(13)9-5-2/h11-12H,4-10,13H2,1-3H3. The van der Waals surface area contributed by atoms with Crippen molar-refractivity contribution in [2.75, 3.05) is 0 Å². The van der Waals surface area contributed by atoms with Gasteiger partial charge >= 0.3 is 0 Å². The Kier molecular flexibility index (Phi) is 9.42. The molecular weight excluding hydrogens is 174 g/mol. The molecule has 0 heterocycles. The predicted molar refractivity (Wildman–Crippen MR) is 62.2 cm³/mol. The molecule has 0 fully saturated rings. The minimum absolute atomic E-state index is 0.0495. The smallest absolute Gasteiger partial charge is 0.105 e. The Morgan fingerprint density at radius 2 is 1.71 bits per heavy atom. The van der Waals surface area contributed by atoms with Gasteiger partial charge in [-0.3, -0.25) is 0 Å². The highest BCUT2D eigenvalue weighted by molar-refractivity contribution is 4.58. The molecule has 0 spiro atoms. The highest BCUT2D eigenvalue weighted by Gasteiger charge is 2.10. The molecule has 0 aliphatic rings. The highest BCUT2D eigenvalue weighted by Crippen LogP contribution is 2.12. The average Bonchev–Trinajstić information content (AvgIpc) is 2.17. The van der Waals surface area contributed by atoms with Crippen LogP contribution in [-0.2, 0) is 4.74 Å². The van der Waals surface area contributed by atoms with Crippen LogP contribution in [0.3, 0.4) is 0 Å². The molecule has 0 saturated carbocycles. The van der Waals surface area contributed by atoms with Crippen LogP contribution in [0.15, 0.2) is 0 Å². The van der Waals surface area contributed by atoms with Crippen LogP contribution in [0.2, 0.25) is 0 Å². The van der Waals surface area contributed by atoms with E-state index in [9.17, 15) is 0 Å². The number of hydrogen-bond acceptors (Lipinski definition) is 2. The fraction of sp³-hybridized carbons (Fsp3) is 1.00. The summed E-state index contributed by atoms with van der Waals surface area (Å²) in [6.07, 6.45) is 8.52. The SMILES string of the molecule is CCCCCC(CC)OC(N)CCC. The van der Waals surface area contributed by atoms with Gasteiger partial charge in [-0.1, -0.05) is 46.5 Å². The van der Waals surface area contributed by atoms with Gasteiger partial charge in [0.05, 0.1) is 6.10 Å². The van der Waals surface area contributed by atoms with E-state index in [0.717, 1.165) is 19.3 Å². The maximum atomic E-state index is 5.84. The minimum Gasteiger partial charge on any atom is -0.360 e. The van der Waals surface area contributed by atoms with Gasteiger partial charge < -0.3 is 10.5 Å². The third kappa shape index (κ3) is 7.34. The Hall–Kier alpha value is -0.0800. The molecule has 0 saturated heterocycles. The summed E-state index contributed by atoms with van der Waals surface area (Å²) >= 11 is 0. The topological polar surface area (TPSA) is 35.2 Å². The molecule has 2 heteroatoms. The molecule has 0 radical (unpaired) electrons. The number of hydrogen-bond donors (Lipinski definition) is 1. The Morgan fingerprint density at radius 3 is 2.21 bits per heavy atom. The first-order valence-corrected chi connectivity index (χ1v) is 6.15. The third-order valence-electron chi connectivity index (χ3n) is 2.53. The summed E-state index contributed by atoms with van der Waals surface area (Å²) in [6.45, 7) is 6.54. The van der Waals surface area contributed by atoms with E-state index in [0.29, 0.717) is 6.10 Å². The zero-order chi connectivity index (χ0) is 10.8. The fourth-order valence-corrected chi connectivity index (χ4v) is 1.59. The van der Waals surface area contributed by atoms with Gasteiger partial charge in [0.1, 0.15) is 6.23 Å². The summed E-state index contributed by atoms with van der Waals surface area (Å²) < 4.78 is 5.76. The Morgan fingerprint density at radius 1 is 1.00 bits per heavy atom. The Bertz CT molecular complexity index is 117. The van der Waals surface area contributed by atoms with Gasteiger partial charge in [0.2, 0.25) is 0 Å². The fourth-order valence-electron chi connectivity index (χ4n) is 1.59. The number of ether oxygens (including phenoxy) is 1. The molecule has 86 valence electrons. The molecule has 0 aromatic heterocycles. The van der Waals surface area contributed by atoms with Crippen LogP contribution in [0.1, 0.15) is 65.7 Å². The second-order valence-electron chi connectivity index (χ2n) is 3.99. The summed E-state index contributed by atoms with van der Waals surface area (Å²) in [6, 6.07) is 0. The van der Waals surface area contributed by atoms with Crippen molar-refractivity contribution in [1.29, 1.82) is 0 Å². The molecule has 0 rings (SSSR count). The molecule has 2 nitrogen and oxygen atoms in total. The molecule has 14 heavy (non-hydrogen) atoms. The lowest BCUT2D eigenvalue weighted by molar-refractivity contribution is -0.0199. The maximum Gasteiger partial charge on any atom is 0.105 e. The predicted octanol–water partition coefficient (Wildman–Crippen LogP) is 3.45. The molecule has 0 aliphatic heterocycles. The molecular formula is C12H27NO. The highest BCUT2D eigenvalue weighted by atomic mass is 16.5. The van der Waals surface area contributed by atoms with Crippen LogP contribution in [0.5, 0.6) is 0 Å². The van der Waals surface area contributed by atoms with E-state index in [2.05, 4.69) is 20.8 Å². The normalized spacial score (nSPS) is 15.4. The largest absolute Gasteiger partial charge is 0.360 e. The summed E-state index contributed by atoms with van der Waals surface area (Å²) in [5, 5.41) is 0. The van der Waals surface area contributed by atoms with E-state index >= 15 is 0 Å².